The summed E-state index contributed by atoms with van der Waals surface area (Å²) < 4.78 is 4.89. The fourth-order valence-corrected chi connectivity index (χ4v) is 1.91. The SMILES string of the molecule is Cc1nc(CN(C)C(=O)CN(C)Cc2ccncc2)no1. The molecule has 7 nitrogen and oxygen atoms in total. The van der Waals surface area contributed by atoms with Crippen molar-refractivity contribution in [1.29, 1.82) is 0 Å². The average Bonchev–Trinajstić information content (AvgIpc) is 2.85. The van der Waals surface area contributed by atoms with Gasteiger partial charge in [-0.3, -0.25) is 14.7 Å². The van der Waals surface area contributed by atoms with Crippen molar-refractivity contribution in [3.63, 3.8) is 0 Å². The normalized spacial score (nSPS) is 10.9. The summed E-state index contributed by atoms with van der Waals surface area (Å²) in [5, 5.41) is 3.78. The van der Waals surface area contributed by atoms with Gasteiger partial charge in [0.15, 0.2) is 5.82 Å². The Balaban J connectivity index is 1.82. The Hall–Kier alpha value is -2.28. The molecule has 0 aliphatic heterocycles. The summed E-state index contributed by atoms with van der Waals surface area (Å²) in [5.41, 5.74) is 1.12. The minimum Gasteiger partial charge on any atom is -0.340 e. The Kier molecular flexibility index (Phi) is 4.99. The maximum absolute atomic E-state index is 12.1. The first-order chi connectivity index (χ1) is 10.0. The largest absolute Gasteiger partial charge is 0.340 e. The van der Waals surface area contributed by atoms with E-state index in [0.717, 1.165) is 5.56 Å². The van der Waals surface area contributed by atoms with Crippen LogP contribution in [-0.4, -0.2) is 51.5 Å². The van der Waals surface area contributed by atoms with Gasteiger partial charge >= 0.3 is 0 Å². The molecule has 112 valence electrons. The lowest BCUT2D eigenvalue weighted by Gasteiger charge is -2.20. The molecule has 0 unspecified atom stereocenters. The molecule has 7 heteroatoms. The van der Waals surface area contributed by atoms with Gasteiger partial charge in [0.1, 0.15) is 0 Å². The first kappa shape index (κ1) is 15.1. The standard InChI is InChI=1S/C14H19N5O2/c1-11-16-13(17-21-11)9-19(3)14(20)10-18(2)8-12-4-6-15-7-5-12/h4-7H,8-10H2,1-3H3. The van der Waals surface area contributed by atoms with E-state index in [-0.39, 0.29) is 5.91 Å². The molecule has 0 aliphatic rings. The van der Waals surface area contributed by atoms with E-state index in [1.165, 1.54) is 0 Å². The van der Waals surface area contributed by atoms with Gasteiger partial charge in [-0.25, -0.2) is 0 Å². The van der Waals surface area contributed by atoms with Crippen molar-refractivity contribution in [3.05, 3.63) is 41.8 Å². The number of aryl methyl sites for hydroxylation is 1. The monoisotopic (exact) mass is 289 g/mol. The lowest BCUT2D eigenvalue weighted by molar-refractivity contribution is -0.131. The number of carbonyl (C=O) groups excluding carboxylic acids is 1. The zero-order chi connectivity index (χ0) is 15.2. The number of nitrogens with zero attached hydrogens (tertiary/aromatic N) is 5. The van der Waals surface area contributed by atoms with Gasteiger partial charge in [0, 0.05) is 32.9 Å². The molecule has 2 aromatic heterocycles. The summed E-state index contributed by atoms with van der Waals surface area (Å²) in [6.07, 6.45) is 3.49. The van der Waals surface area contributed by atoms with Crippen molar-refractivity contribution < 1.29 is 9.32 Å². The van der Waals surface area contributed by atoms with Gasteiger partial charge in [-0.2, -0.15) is 4.98 Å². The number of likely N-dealkylation sites (N-methyl/N-ethyl adjacent to an activating group) is 2. The van der Waals surface area contributed by atoms with E-state index in [4.69, 9.17) is 4.52 Å². The molecular formula is C14H19N5O2. The second kappa shape index (κ2) is 6.94. The van der Waals surface area contributed by atoms with Crippen LogP contribution >= 0.6 is 0 Å². The van der Waals surface area contributed by atoms with Crippen molar-refractivity contribution in [3.8, 4) is 0 Å². The highest BCUT2D eigenvalue weighted by Gasteiger charge is 2.14. The van der Waals surface area contributed by atoms with Crippen LogP contribution in [0.15, 0.2) is 29.0 Å². The smallest absolute Gasteiger partial charge is 0.236 e. The minimum absolute atomic E-state index is 0.00834. The molecule has 0 saturated heterocycles. The Morgan fingerprint density at radius 1 is 1.24 bits per heavy atom. The molecule has 0 spiro atoms. The number of aromatic nitrogens is 3. The molecule has 2 rings (SSSR count). The van der Waals surface area contributed by atoms with Crippen molar-refractivity contribution in [2.75, 3.05) is 20.6 Å². The van der Waals surface area contributed by atoms with Crippen LogP contribution < -0.4 is 0 Å². The topological polar surface area (TPSA) is 75.4 Å². The van der Waals surface area contributed by atoms with Crippen molar-refractivity contribution in [2.45, 2.75) is 20.0 Å². The highest BCUT2D eigenvalue weighted by molar-refractivity contribution is 5.77. The first-order valence-electron chi connectivity index (χ1n) is 6.65. The van der Waals surface area contributed by atoms with E-state index in [0.29, 0.717) is 31.3 Å². The lowest BCUT2D eigenvalue weighted by atomic mass is 10.2. The first-order valence-corrected chi connectivity index (χ1v) is 6.65. The van der Waals surface area contributed by atoms with Gasteiger partial charge in [-0.05, 0) is 24.7 Å². The molecule has 0 radical (unpaired) electrons. The molecule has 0 aliphatic carbocycles. The van der Waals surface area contributed by atoms with E-state index in [9.17, 15) is 4.79 Å². The summed E-state index contributed by atoms with van der Waals surface area (Å²) in [7, 11) is 3.64. The molecular weight excluding hydrogens is 270 g/mol. The van der Waals surface area contributed by atoms with Crippen LogP contribution in [0.25, 0.3) is 0 Å². The van der Waals surface area contributed by atoms with Gasteiger partial charge < -0.3 is 9.42 Å². The molecule has 0 saturated carbocycles. The van der Waals surface area contributed by atoms with E-state index in [2.05, 4.69) is 15.1 Å². The van der Waals surface area contributed by atoms with E-state index in [1.807, 2.05) is 24.1 Å². The maximum Gasteiger partial charge on any atom is 0.236 e. The van der Waals surface area contributed by atoms with E-state index in [1.54, 1.807) is 31.3 Å². The second-order valence-corrected chi connectivity index (χ2v) is 5.01. The van der Waals surface area contributed by atoms with Crippen LogP contribution in [-0.2, 0) is 17.9 Å². The van der Waals surface area contributed by atoms with Gasteiger partial charge in [0.25, 0.3) is 0 Å². The second-order valence-electron chi connectivity index (χ2n) is 5.01. The van der Waals surface area contributed by atoms with Crippen molar-refractivity contribution in [1.82, 2.24) is 24.9 Å². The quantitative estimate of drug-likeness (QED) is 0.785. The summed E-state index contributed by atoms with van der Waals surface area (Å²) in [6.45, 7) is 3.10. The number of amides is 1. The Labute approximate surface area is 123 Å². The Morgan fingerprint density at radius 3 is 2.57 bits per heavy atom. The molecule has 21 heavy (non-hydrogen) atoms. The number of hydrogen-bond acceptors (Lipinski definition) is 6. The van der Waals surface area contributed by atoms with Gasteiger partial charge in [0.05, 0.1) is 13.1 Å². The Bertz CT molecular complexity index is 584. The Morgan fingerprint density at radius 2 is 1.95 bits per heavy atom. The summed E-state index contributed by atoms with van der Waals surface area (Å²) >= 11 is 0. The zero-order valence-corrected chi connectivity index (χ0v) is 12.5. The molecule has 2 aromatic rings. The van der Waals surface area contributed by atoms with Crippen molar-refractivity contribution in [2.24, 2.45) is 0 Å². The fraction of sp³-hybridized carbons (Fsp3) is 0.429. The van der Waals surface area contributed by atoms with Crippen LogP contribution in [0.4, 0.5) is 0 Å². The van der Waals surface area contributed by atoms with E-state index < -0.39 is 0 Å². The van der Waals surface area contributed by atoms with Crippen LogP contribution in [0.5, 0.6) is 0 Å². The lowest BCUT2D eigenvalue weighted by Crippen LogP contribution is -2.36. The van der Waals surface area contributed by atoms with Crippen LogP contribution in [0.1, 0.15) is 17.3 Å². The molecule has 2 heterocycles. The van der Waals surface area contributed by atoms with Gasteiger partial charge in [0.2, 0.25) is 11.8 Å². The number of hydrogen-bond donors (Lipinski definition) is 0. The van der Waals surface area contributed by atoms with Gasteiger partial charge in [-0.15, -0.1) is 0 Å². The van der Waals surface area contributed by atoms with Crippen LogP contribution in [0.2, 0.25) is 0 Å². The zero-order valence-electron chi connectivity index (χ0n) is 12.5. The molecule has 0 aromatic carbocycles. The minimum atomic E-state index is 0.00834. The molecule has 0 bridgehead atoms. The van der Waals surface area contributed by atoms with E-state index >= 15 is 0 Å². The third-order valence-corrected chi connectivity index (χ3v) is 2.98. The average molecular weight is 289 g/mol. The van der Waals surface area contributed by atoms with Crippen molar-refractivity contribution >= 4 is 5.91 Å². The summed E-state index contributed by atoms with van der Waals surface area (Å²) in [5.74, 6) is 1.02. The predicted molar refractivity (Wildman–Crippen MR) is 76.1 cm³/mol. The summed E-state index contributed by atoms with van der Waals surface area (Å²) in [6, 6.07) is 3.87. The number of pyridine rings is 1. The van der Waals surface area contributed by atoms with Gasteiger partial charge in [-0.1, -0.05) is 5.16 Å². The van der Waals surface area contributed by atoms with Crippen LogP contribution in [0.3, 0.4) is 0 Å². The summed E-state index contributed by atoms with van der Waals surface area (Å²) in [4.78, 5) is 23.7. The highest BCUT2D eigenvalue weighted by Crippen LogP contribution is 2.03. The van der Waals surface area contributed by atoms with Crippen LogP contribution in [0, 0.1) is 6.92 Å². The number of carbonyl (C=O) groups is 1. The highest BCUT2D eigenvalue weighted by atomic mass is 16.5. The predicted octanol–water partition coefficient (Wildman–Crippen LogP) is 0.863. The maximum atomic E-state index is 12.1. The molecule has 0 N–H and O–H groups in total. The molecule has 0 fully saturated rings. The third kappa shape index (κ3) is 4.64. The fourth-order valence-electron chi connectivity index (χ4n) is 1.91. The molecule has 0 atom stereocenters. The third-order valence-electron chi connectivity index (χ3n) is 2.98. The molecule has 1 amide bonds. The number of rotatable bonds is 6.